The molecule has 1 rings (SSSR count). The van der Waals surface area contributed by atoms with Gasteiger partial charge in [0.1, 0.15) is 6.61 Å². The van der Waals surface area contributed by atoms with Crippen molar-refractivity contribution in [2.75, 3.05) is 19.7 Å². The third-order valence-electron chi connectivity index (χ3n) is 2.89. The number of hydrogen-bond donors (Lipinski definition) is 0. The highest BCUT2D eigenvalue weighted by atomic mass is 16.6. The number of piperidine rings is 1. The summed E-state index contributed by atoms with van der Waals surface area (Å²) < 4.78 is 4.99. The average molecular weight is 211 g/mol. The third-order valence-corrected chi connectivity index (χ3v) is 2.89. The van der Waals surface area contributed by atoms with Gasteiger partial charge in [-0.15, -0.1) is 0 Å². The zero-order chi connectivity index (χ0) is 11.1. The molecule has 3 nitrogen and oxygen atoms in total. The van der Waals surface area contributed by atoms with Crippen LogP contribution in [-0.2, 0) is 4.74 Å². The summed E-state index contributed by atoms with van der Waals surface area (Å²) in [6, 6.07) is 0. The minimum atomic E-state index is -0.190. The van der Waals surface area contributed by atoms with Gasteiger partial charge in [0.2, 0.25) is 0 Å². The first-order valence-electron chi connectivity index (χ1n) is 5.80. The van der Waals surface area contributed by atoms with E-state index in [2.05, 4.69) is 13.5 Å². The van der Waals surface area contributed by atoms with Crippen LogP contribution in [0.1, 0.15) is 32.6 Å². The molecular formula is C12H21NO2. The summed E-state index contributed by atoms with van der Waals surface area (Å²) in [6.07, 6.45) is 6.18. The van der Waals surface area contributed by atoms with Crippen molar-refractivity contribution in [3.63, 3.8) is 0 Å². The second-order valence-electron chi connectivity index (χ2n) is 4.08. The Hall–Kier alpha value is -0.990. The Labute approximate surface area is 92.1 Å². The van der Waals surface area contributed by atoms with E-state index in [1.165, 1.54) is 12.8 Å². The summed E-state index contributed by atoms with van der Waals surface area (Å²) in [5.41, 5.74) is 0. The minimum absolute atomic E-state index is 0.190. The fourth-order valence-electron chi connectivity index (χ4n) is 2.03. The molecule has 1 heterocycles. The number of rotatable bonds is 4. The summed E-state index contributed by atoms with van der Waals surface area (Å²) in [4.78, 5) is 13.3. The van der Waals surface area contributed by atoms with Crippen LogP contribution in [0.15, 0.2) is 12.7 Å². The van der Waals surface area contributed by atoms with Crippen molar-refractivity contribution in [1.29, 1.82) is 0 Å². The fourth-order valence-corrected chi connectivity index (χ4v) is 2.03. The van der Waals surface area contributed by atoms with E-state index in [-0.39, 0.29) is 6.09 Å². The number of carbonyl (C=O) groups is 1. The number of amides is 1. The summed E-state index contributed by atoms with van der Waals surface area (Å²) in [6.45, 7) is 7.74. The average Bonchev–Trinajstić information content (AvgIpc) is 2.27. The van der Waals surface area contributed by atoms with Gasteiger partial charge in [0, 0.05) is 13.1 Å². The van der Waals surface area contributed by atoms with Gasteiger partial charge in [-0.2, -0.15) is 0 Å². The molecular weight excluding hydrogens is 190 g/mol. The zero-order valence-corrected chi connectivity index (χ0v) is 9.58. The first kappa shape index (κ1) is 12.1. The van der Waals surface area contributed by atoms with Gasteiger partial charge in [-0.25, -0.2) is 4.79 Å². The Morgan fingerprint density at radius 1 is 1.53 bits per heavy atom. The van der Waals surface area contributed by atoms with Crippen molar-refractivity contribution in [2.45, 2.75) is 32.6 Å². The predicted molar refractivity (Wildman–Crippen MR) is 60.8 cm³/mol. The number of carbonyl (C=O) groups excluding carboxylic acids is 1. The second kappa shape index (κ2) is 6.49. The Morgan fingerprint density at radius 2 is 2.20 bits per heavy atom. The molecule has 1 saturated heterocycles. The van der Waals surface area contributed by atoms with E-state index in [4.69, 9.17) is 4.74 Å². The first-order chi connectivity index (χ1) is 7.27. The molecule has 1 aliphatic rings. The largest absolute Gasteiger partial charge is 0.445 e. The molecule has 0 atom stereocenters. The third kappa shape index (κ3) is 3.94. The van der Waals surface area contributed by atoms with Gasteiger partial charge in [-0.05, 0) is 18.8 Å². The molecule has 86 valence electrons. The second-order valence-corrected chi connectivity index (χ2v) is 4.08. The summed E-state index contributed by atoms with van der Waals surface area (Å²) in [5.74, 6) is 0.804. The van der Waals surface area contributed by atoms with Crippen LogP contribution >= 0.6 is 0 Å². The van der Waals surface area contributed by atoms with Gasteiger partial charge in [-0.1, -0.05) is 32.4 Å². The van der Waals surface area contributed by atoms with E-state index < -0.39 is 0 Å². The van der Waals surface area contributed by atoms with E-state index in [0.717, 1.165) is 31.8 Å². The first-order valence-corrected chi connectivity index (χ1v) is 5.80. The Balaban J connectivity index is 2.24. The smallest absolute Gasteiger partial charge is 0.410 e. The number of likely N-dealkylation sites (tertiary alicyclic amines) is 1. The molecule has 1 amide bonds. The molecule has 0 aromatic rings. The molecule has 3 heteroatoms. The van der Waals surface area contributed by atoms with Crippen molar-refractivity contribution in [2.24, 2.45) is 5.92 Å². The van der Waals surface area contributed by atoms with Gasteiger partial charge in [-0.3, -0.25) is 0 Å². The van der Waals surface area contributed by atoms with Crippen molar-refractivity contribution in [1.82, 2.24) is 4.90 Å². The van der Waals surface area contributed by atoms with Gasteiger partial charge < -0.3 is 9.64 Å². The molecule has 0 aromatic carbocycles. The van der Waals surface area contributed by atoms with Gasteiger partial charge >= 0.3 is 6.09 Å². The quantitative estimate of drug-likeness (QED) is 0.669. The van der Waals surface area contributed by atoms with Crippen LogP contribution < -0.4 is 0 Å². The lowest BCUT2D eigenvalue weighted by atomic mass is 9.93. The lowest BCUT2D eigenvalue weighted by molar-refractivity contribution is 0.0952. The molecule has 0 radical (unpaired) electrons. The molecule has 15 heavy (non-hydrogen) atoms. The topological polar surface area (TPSA) is 29.5 Å². The van der Waals surface area contributed by atoms with Crippen LogP contribution in [0.3, 0.4) is 0 Å². The van der Waals surface area contributed by atoms with Crippen LogP contribution in [0.5, 0.6) is 0 Å². The normalized spacial score (nSPS) is 17.5. The fraction of sp³-hybridized carbons (Fsp3) is 0.750. The van der Waals surface area contributed by atoms with Crippen LogP contribution in [0.2, 0.25) is 0 Å². The molecule has 0 aliphatic carbocycles. The van der Waals surface area contributed by atoms with Crippen molar-refractivity contribution in [3.05, 3.63) is 12.7 Å². The number of nitrogens with zero attached hydrogens (tertiary/aromatic N) is 1. The van der Waals surface area contributed by atoms with E-state index >= 15 is 0 Å². The van der Waals surface area contributed by atoms with Gasteiger partial charge in [0.15, 0.2) is 0 Å². The molecule has 0 bridgehead atoms. The van der Waals surface area contributed by atoms with E-state index in [9.17, 15) is 4.79 Å². The molecule has 0 saturated carbocycles. The molecule has 1 fully saturated rings. The van der Waals surface area contributed by atoms with Crippen molar-refractivity contribution < 1.29 is 9.53 Å². The maximum absolute atomic E-state index is 11.5. The maximum atomic E-state index is 11.5. The molecule has 1 aliphatic heterocycles. The zero-order valence-electron chi connectivity index (χ0n) is 9.58. The Morgan fingerprint density at radius 3 is 2.73 bits per heavy atom. The van der Waals surface area contributed by atoms with Crippen LogP contribution in [0.4, 0.5) is 4.79 Å². The number of hydrogen-bond acceptors (Lipinski definition) is 2. The lowest BCUT2D eigenvalue weighted by Gasteiger charge is -2.31. The summed E-state index contributed by atoms with van der Waals surface area (Å²) in [5, 5.41) is 0. The summed E-state index contributed by atoms with van der Waals surface area (Å²) >= 11 is 0. The Kier molecular flexibility index (Phi) is 5.22. The molecule has 0 unspecified atom stereocenters. The van der Waals surface area contributed by atoms with E-state index in [1.54, 1.807) is 11.0 Å². The van der Waals surface area contributed by atoms with Gasteiger partial charge in [0.05, 0.1) is 0 Å². The molecule has 0 N–H and O–H groups in total. The van der Waals surface area contributed by atoms with Crippen LogP contribution in [0.25, 0.3) is 0 Å². The van der Waals surface area contributed by atoms with Gasteiger partial charge in [0.25, 0.3) is 0 Å². The summed E-state index contributed by atoms with van der Waals surface area (Å²) in [7, 11) is 0. The van der Waals surface area contributed by atoms with Crippen molar-refractivity contribution in [3.8, 4) is 0 Å². The maximum Gasteiger partial charge on any atom is 0.410 e. The standard InChI is InChI=1S/C12H21NO2/c1-3-5-11-6-8-13(9-7-11)12(14)15-10-4-2/h4,11H,2-3,5-10H2,1H3. The lowest BCUT2D eigenvalue weighted by Crippen LogP contribution is -2.38. The SMILES string of the molecule is C=CCOC(=O)N1CCC(CCC)CC1. The highest BCUT2D eigenvalue weighted by Crippen LogP contribution is 2.21. The van der Waals surface area contributed by atoms with E-state index in [0.29, 0.717) is 6.61 Å². The molecule has 0 spiro atoms. The van der Waals surface area contributed by atoms with Crippen LogP contribution in [-0.4, -0.2) is 30.7 Å². The number of ether oxygens (including phenoxy) is 1. The van der Waals surface area contributed by atoms with Crippen LogP contribution in [0, 0.1) is 5.92 Å². The highest BCUT2D eigenvalue weighted by Gasteiger charge is 2.22. The minimum Gasteiger partial charge on any atom is -0.445 e. The van der Waals surface area contributed by atoms with E-state index in [1.807, 2.05) is 0 Å². The van der Waals surface area contributed by atoms with Crippen molar-refractivity contribution >= 4 is 6.09 Å². The monoisotopic (exact) mass is 211 g/mol. The highest BCUT2D eigenvalue weighted by molar-refractivity contribution is 5.67. The molecule has 0 aromatic heterocycles. The Bertz CT molecular complexity index is 208. The predicted octanol–water partition coefficient (Wildman–Crippen LogP) is 2.82.